The number of halogens is 1. The van der Waals surface area contributed by atoms with Crippen LogP contribution in [0.2, 0.25) is 0 Å². The quantitative estimate of drug-likeness (QED) is 0.763. The average molecular weight is 282 g/mol. The van der Waals surface area contributed by atoms with Gasteiger partial charge in [0.25, 0.3) is 0 Å². The minimum atomic E-state index is 0.464. The standard InChI is InChI=1S/C16H24ClNO/c1-11(2)15-9-13(10-18-14-4-5-14)12(3)8-16(15)19-7-6-17/h8-9,11,14,18H,4-7,10H2,1-3H3. The van der Waals surface area contributed by atoms with Crippen molar-refractivity contribution in [1.29, 1.82) is 0 Å². The summed E-state index contributed by atoms with van der Waals surface area (Å²) >= 11 is 5.71. The molecular formula is C16H24ClNO. The summed E-state index contributed by atoms with van der Waals surface area (Å²) in [6.07, 6.45) is 2.65. The van der Waals surface area contributed by atoms with Gasteiger partial charge in [0.15, 0.2) is 0 Å². The predicted octanol–water partition coefficient (Wildman–Crippen LogP) is 3.99. The van der Waals surface area contributed by atoms with Crippen molar-refractivity contribution in [1.82, 2.24) is 5.32 Å². The highest BCUT2D eigenvalue weighted by molar-refractivity contribution is 6.18. The van der Waals surface area contributed by atoms with Crippen LogP contribution < -0.4 is 10.1 Å². The molecule has 3 heteroatoms. The second-order valence-electron chi connectivity index (χ2n) is 5.66. The largest absolute Gasteiger partial charge is 0.492 e. The van der Waals surface area contributed by atoms with Crippen molar-refractivity contribution in [3.05, 3.63) is 28.8 Å². The molecule has 0 bridgehead atoms. The van der Waals surface area contributed by atoms with E-state index in [1.54, 1.807) is 0 Å². The minimum Gasteiger partial charge on any atom is -0.492 e. The van der Waals surface area contributed by atoms with Gasteiger partial charge in [-0.2, -0.15) is 0 Å². The Bertz CT molecular complexity index is 427. The van der Waals surface area contributed by atoms with Gasteiger partial charge in [-0.25, -0.2) is 0 Å². The fourth-order valence-corrected chi connectivity index (χ4v) is 2.28. The Kier molecular flexibility index (Phi) is 5.12. The highest BCUT2D eigenvalue weighted by Gasteiger charge is 2.20. The molecule has 0 unspecified atom stereocenters. The van der Waals surface area contributed by atoms with Crippen molar-refractivity contribution in [2.45, 2.75) is 52.1 Å². The summed E-state index contributed by atoms with van der Waals surface area (Å²) in [4.78, 5) is 0. The molecular weight excluding hydrogens is 258 g/mol. The summed E-state index contributed by atoms with van der Waals surface area (Å²) in [5, 5.41) is 3.58. The first-order valence-electron chi connectivity index (χ1n) is 7.17. The second kappa shape index (κ2) is 6.62. The minimum absolute atomic E-state index is 0.464. The van der Waals surface area contributed by atoms with Crippen LogP contribution in [0.5, 0.6) is 5.75 Å². The first kappa shape index (κ1) is 14.7. The Balaban J connectivity index is 2.16. The van der Waals surface area contributed by atoms with Gasteiger partial charge in [0.05, 0.1) is 5.88 Å². The predicted molar refractivity (Wildman–Crippen MR) is 81.3 cm³/mol. The number of benzene rings is 1. The number of ether oxygens (including phenoxy) is 1. The van der Waals surface area contributed by atoms with Gasteiger partial charge >= 0.3 is 0 Å². The van der Waals surface area contributed by atoms with E-state index < -0.39 is 0 Å². The molecule has 0 aromatic heterocycles. The van der Waals surface area contributed by atoms with Crippen LogP contribution in [-0.4, -0.2) is 18.5 Å². The number of rotatable bonds is 7. The maximum absolute atomic E-state index is 5.77. The van der Waals surface area contributed by atoms with E-state index in [1.807, 2.05) is 0 Å². The molecule has 0 radical (unpaired) electrons. The van der Waals surface area contributed by atoms with E-state index >= 15 is 0 Å². The molecule has 1 N–H and O–H groups in total. The Morgan fingerprint density at radius 1 is 1.37 bits per heavy atom. The number of alkyl halides is 1. The van der Waals surface area contributed by atoms with Gasteiger partial charge in [-0.3, -0.25) is 0 Å². The Morgan fingerprint density at radius 3 is 2.68 bits per heavy atom. The van der Waals surface area contributed by atoms with E-state index in [0.29, 0.717) is 18.4 Å². The van der Waals surface area contributed by atoms with Crippen LogP contribution in [0.4, 0.5) is 0 Å². The molecule has 1 saturated carbocycles. The molecule has 0 aliphatic heterocycles. The van der Waals surface area contributed by atoms with Gasteiger partial charge < -0.3 is 10.1 Å². The van der Waals surface area contributed by atoms with Crippen molar-refractivity contribution in [3.63, 3.8) is 0 Å². The Hall–Kier alpha value is -0.730. The highest BCUT2D eigenvalue weighted by Crippen LogP contribution is 2.30. The molecule has 0 heterocycles. The molecule has 106 valence electrons. The number of hydrogen-bond acceptors (Lipinski definition) is 2. The summed E-state index contributed by atoms with van der Waals surface area (Å²) in [5.41, 5.74) is 3.96. The third kappa shape index (κ3) is 4.12. The maximum Gasteiger partial charge on any atom is 0.123 e. The second-order valence-corrected chi connectivity index (χ2v) is 6.04. The topological polar surface area (TPSA) is 21.3 Å². The first-order valence-corrected chi connectivity index (χ1v) is 7.70. The summed E-state index contributed by atoms with van der Waals surface area (Å²) in [6.45, 7) is 8.10. The third-order valence-electron chi connectivity index (χ3n) is 3.58. The lowest BCUT2D eigenvalue weighted by atomic mass is 9.96. The molecule has 1 aromatic rings. The lowest BCUT2D eigenvalue weighted by molar-refractivity contribution is 0.337. The third-order valence-corrected chi connectivity index (χ3v) is 3.74. The summed E-state index contributed by atoms with van der Waals surface area (Å²) in [5.74, 6) is 1.98. The SMILES string of the molecule is Cc1cc(OCCCl)c(C(C)C)cc1CNC1CC1. The molecule has 2 nitrogen and oxygen atoms in total. The molecule has 1 aliphatic carbocycles. The molecule has 0 atom stereocenters. The van der Waals surface area contributed by atoms with Crippen molar-refractivity contribution in [3.8, 4) is 5.75 Å². The van der Waals surface area contributed by atoms with Crippen molar-refractivity contribution < 1.29 is 4.74 Å². The van der Waals surface area contributed by atoms with Crippen LogP contribution in [0.1, 0.15) is 49.3 Å². The van der Waals surface area contributed by atoms with Gasteiger partial charge in [-0.15, -0.1) is 11.6 Å². The van der Waals surface area contributed by atoms with Gasteiger partial charge in [-0.1, -0.05) is 19.9 Å². The van der Waals surface area contributed by atoms with Gasteiger partial charge in [0.1, 0.15) is 12.4 Å². The number of hydrogen-bond donors (Lipinski definition) is 1. The molecule has 1 fully saturated rings. The summed E-state index contributed by atoms with van der Waals surface area (Å²) < 4.78 is 5.77. The lowest BCUT2D eigenvalue weighted by Gasteiger charge is -2.17. The molecule has 0 amide bonds. The number of aryl methyl sites for hydroxylation is 1. The number of nitrogens with one attached hydrogen (secondary N) is 1. The zero-order valence-corrected chi connectivity index (χ0v) is 12.9. The van der Waals surface area contributed by atoms with E-state index in [9.17, 15) is 0 Å². The zero-order valence-electron chi connectivity index (χ0n) is 12.1. The highest BCUT2D eigenvalue weighted by atomic mass is 35.5. The van der Waals surface area contributed by atoms with E-state index in [2.05, 4.69) is 38.2 Å². The average Bonchev–Trinajstić information content (AvgIpc) is 3.18. The Morgan fingerprint density at radius 2 is 2.11 bits per heavy atom. The Labute approximate surface area is 121 Å². The van der Waals surface area contributed by atoms with Gasteiger partial charge in [-0.05, 0) is 48.4 Å². The molecule has 1 aromatic carbocycles. The lowest BCUT2D eigenvalue weighted by Crippen LogP contribution is -2.16. The van der Waals surface area contributed by atoms with Crippen LogP contribution in [0.15, 0.2) is 12.1 Å². The van der Waals surface area contributed by atoms with E-state index in [1.165, 1.54) is 29.5 Å². The normalized spacial score (nSPS) is 15.0. The van der Waals surface area contributed by atoms with E-state index in [0.717, 1.165) is 18.3 Å². The van der Waals surface area contributed by atoms with Crippen LogP contribution >= 0.6 is 11.6 Å². The smallest absolute Gasteiger partial charge is 0.123 e. The summed E-state index contributed by atoms with van der Waals surface area (Å²) in [7, 11) is 0. The zero-order chi connectivity index (χ0) is 13.8. The van der Waals surface area contributed by atoms with Crippen LogP contribution in [0.3, 0.4) is 0 Å². The fourth-order valence-electron chi connectivity index (χ4n) is 2.20. The van der Waals surface area contributed by atoms with Crippen LogP contribution in [-0.2, 0) is 6.54 Å². The monoisotopic (exact) mass is 281 g/mol. The van der Waals surface area contributed by atoms with Crippen LogP contribution in [0.25, 0.3) is 0 Å². The van der Waals surface area contributed by atoms with Crippen molar-refractivity contribution in [2.75, 3.05) is 12.5 Å². The molecule has 0 spiro atoms. The fraction of sp³-hybridized carbons (Fsp3) is 0.625. The maximum atomic E-state index is 5.77. The van der Waals surface area contributed by atoms with E-state index in [-0.39, 0.29) is 0 Å². The molecule has 19 heavy (non-hydrogen) atoms. The van der Waals surface area contributed by atoms with Crippen molar-refractivity contribution >= 4 is 11.6 Å². The van der Waals surface area contributed by atoms with E-state index in [4.69, 9.17) is 16.3 Å². The molecule has 0 saturated heterocycles. The van der Waals surface area contributed by atoms with Gasteiger partial charge in [0, 0.05) is 12.6 Å². The van der Waals surface area contributed by atoms with Gasteiger partial charge in [0.2, 0.25) is 0 Å². The van der Waals surface area contributed by atoms with Crippen molar-refractivity contribution in [2.24, 2.45) is 0 Å². The first-order chi connectivity index (χ1) is 9.11. The molecule has 1 aliphatic rings. The van der Waals surface area contributed by atoms with Crippen LogP contribution in [0, 0.1) is 6.92 Å². The molecule has 2 rings (SSSR count). The summed E-state index contributed by atoms with van der Waals surface area (Å²) in [6, 6.07) is 5.19.